The molecule has 156 valence electrons. The number of imide groups is 1. The van der Waals surface area contributed by atoms with Crippen molar-refractivity contribution in [3.8, 4) is 0 Å². The zero-order valence-corrected chi connectivity index (χ0v) is 16.1. The second kappa shape index (κ2) is 8.50. The average molecular weight is 412 g/mol. The standard InChI is InChI=1S/C21H20N2O7/c24-18(22-10-14-3-1-7-28-14)12-30-21(27)13-5-6-16-17(9-13)20(26)23(19(16)25)11-15-4-2-8-29-15/h2,4-6,8-9,14H,1,3,7,10-12H2,(H,22,24)/t14-/m0/s1. The van der Waals surface area contributed by atoms with E-state index >= 15 is 0 Å². The van der Waals surface area contributed by atoms with Crippen LogP contribution in [0.1, 0.15) is 49.7 Å². The van der Waals surface area contributed by atoms with Crippen LogP contribution >= 0.6 is 0 Å². The van der Waals surface area contributed by atoms with Crippen molar-refractivity contribution in [1.82, 2.24) is 10.2 Å². The van der Waals surface area contributed by atoms with Crippen LogP contribution in [0.15, 0.2) is 41.0 Å². The fourth-order valence-corrected chi connectivity index (χ4v) is 3.42. The maximum Gasteiger partial charge on any atom is 0.338 e. The predicted octanol–water partition coefficient (Wildman–Crippen LogP) is 1.53. The summed E-state index contributed by atoms with van der Waals surface area (Å²) in [5.41, 5.74) is 0.405. The van der Waals surface area contributed by atoms with Gasteiger partial charge in [-0.25, -0.2) is 4.79 Å². The second-order valence-electron chi connectivity index (χ2n) is 7.05. The molecule has 0 unspecified atom stereocenters. The number of rotatable bonds is 7. The fraction of sp³-hybridized carbons (Fsp3) is 0.333. The van der Waals surface area contributed by atoms with Crippen LogP contribution in [-0.2, 0) is 20.8 Å². The Morgan fingerprint density at radius 1 is 1.17 bits per heavy atom. The van der Waals surface area contributed by atoms with Crippen LogP contribution in [0.2, 0.25) is 0 Å². The van der Waals surface area contributed by atoms with E-state index in [1.165, 1.54) is 24.5 Å². The summed E-state index contributed by atoms with van der Waals surface area (Å²) < 4.78 is 15.6. The number of hydrogen-bond acceptors (Lipinski definition) is 7. The van der Waals surface area contributed by atoms with Crippen LogP contribution in [-0.4, -0.2) is 54.5 Å². The van der Waals surface area contributed by atoms with E-state index in [-0.39, 0.29) is 29.3 Å². The summed E-state index contributed by atoms with van der Waals surface area (Å²) in [6, 6.07) is 7.44. The van der Waals surface area contributed by atoms with Crippen LogP contribution < -0.4 is 5.32 Å². The summed E-state index contributed by atoms with van der Waals surface area (Å²) in [6.45, 7) is 0.621. The Labute approximate surface area is 171 Å². The highest BCUT2D eigenvalue weighted by Crippen LogP contribution is 2.26. The molecular weight excluding hydrogens is 392 g/mol. The molecule has 9 heteroatoms. The van der Waals surface area contributed by atoms with Crippen molar-refractivity contribution in [2.24, 2.45) is 0 Å². The number of carbonyl (C=O) groups is 4. The zero-order valence-electron chi connectivity index (χ0n) is 16.1. The van der Waals surface area contributed by atoms with Gasteiger partial charge in [0, 0.05) is 13.2 Å². The van der Waals surface area contributed by atoms with Gasteiger partial charge in [-0.05, 0) is 43.2 Å². The molecule has 1 fully saturated rings. The van der Waals surface area contributed by atoms with Crippen LogP contribution in [0, 0.1) is 0 Å². The van der Waals surface area contributed by atoms with Crippen LogP contribution in [0.5, 0.6) is 0 Å². The van der Waals surface area contributed by atoms with Gasteiger partial charge < -0.3 is 19.2 Å². The minimum Gasteiger partial charge on any atom is -0.467 e. The van der Waals surface area contributed by atoms with E-state index in [2.05, 4.69) is 5.32 Å². The third-order valence-electron chi connectivity index (χ3n) is 4.99. The van der Waals surface area contributed by atoms with E-state index in [1.807, 2.05) is 0 Å². The van der Waals surface area contributed by atoms with Gasteiger partial charge in [-0.15, -0.1) is 0 Å². The minimum atomic E-state index is -0.755. The molecule has 3 amide bonds. The number of furan rings is 1. The first-order valence-corrected chi connectivity index (χ1v) is 9.61. The molecule has 0 saturated carbocycles. The summed E-state index contributed by atoms with van der Waals surface area (Å²) in [7, 11) is 0. The van der Waals surface area contributed by atoms with E-state index in [0.717, 1.165) is 17.7 Å². The smallest absolute Gasteiger partial charge is 0.338 e. The van der Waals surface area contributed by atoms with Crippen molar-refractivity contribution < 1.29 is 33.1 Å². The van der Waals surface area contributed by atoms with E-state index in [0.29, 0.717) is 18.9 Å². The molecule has 30 heavy (non-hydrogen) atoms. The monoisotopic (exact) mass is 412 g/mol. The summed E-state index contributed by atoms with van der Waals surface area (Å²) >= 11 is 0. The Hall–Kier alpha value is -3.46. The Balaban J connectivity index is 1.35. The van der Waals surface area contributed by atoms with Gasteiger partial charge in [0.05, 0.1) is 35.6 Å². The molecule has 0 aliphatic carbocycles. The van der Waals surface area contributed by atoms with E-state index in [1.54, 1.807) is 12.1 Å². The lowest BCUT2D eigenvalue weighted by atomic mass is 10.1. The van der Waals surface area contributed by atoms with Gasteiger partial charge in [0.25, 0.3) is 17.7 Å². The van der Waals surface area contributed by atoms with Gasteiger partial charge in [-0.3, -0.25) is 19.3 Å². The number of nitrogens with one attached hydrogen (secondary N) is 1. The molecule has 0 spiro atoms. The quantitative estimate of drug-likeness (QED) is 0.542. The lowest BCUT2D eigenvalue weighted by Crippen LogP contribution is -2.34. The van der Waals surface area contributed by atoms with Crippen LogP contribution in [0.25, 0.3) is 0 Å². The lowest BCUT2D eigenvalue weighted by molar-refractivity contribution is -0.124. The zero-order chi connectivity index (χ0) is 21.1. The maximum atomic E-state index is 12.6. The van der Waals surface area contributed by atoms with Crippen molar-refractivity contribution in [3.05, 3.63) is 59.0 Å². The van der Waals surface area contributed by atoms with Crippen molar-refractivity contribution >= 4 is 23.7 Å². The molecule has 0 bridgehead atoms. The Bertz CT molecular complexity index is 977. The minimum absolute atomic E-state index is 0.00397. The summed E-state index contributed by atoms with van der Waals surface area (Å²) in [6.07, 6.45) is 3.31. The molecular formula is C21H20N2O7. The number of nitrogens with zero attached hydrogens (tertiary/aromatic N) is 1. The van der Waals surface area contributed by atoms with Gasteiger partial charge in [0.15, 0.2) is 6.61 Å². The number of ether oxygens (including phenoxy) is 2. The van der Waals surface area contributed by atoms with Crippen LogP contribution in [0.4, 0.5) is 0 Å². The third-order valence-corrected chi connectivity index (χ3v) is 4.99. The van der Waals surface area contributed by atoms with Gasteiger partial charge in [-0.1, -0.05) is 0 Å². The van der Waals surface area contributed by atoms with E-state index in [4.69, 9.17) is 13.9 Å². The summed E-state index contributed by atoms with van der Waals surface area (Å²) in [5, 5.41) is 2.66. The highest BCUT2D eigenvalue weighted by molar-refractivity contribution is 6.21. The molecule has 1 N–H and O–H groups in total. The highest BCUT2D eigenvalue weighted by Gasteiger charge is 2.36. The Morgan fingerprint density at radius 3 is 2.73 bits per heavy atom. The number of amides is 3. The van der Waals surface area contributed by atoms with Gasteiger partial charge in [0.2, 0.25) is 0 Å². The van der Waals surface area contributed by atoms with Gasteiger partial charge >= 0.3 is 5.97 Å². The molecule has 4 rings (SSSR count). The molecule has 2 aliphatic rings. The molecule has 1 aromatic carbocycles. The maximum absolute atomic E-state index is 12.6. The van der Waals surface area contributed by atoms with Gasteiger partial charge in [-0.2, -0.15) is 0 Å². The van der Waals surface area contributed by atoms with Crippen molar-refractivity contribution in [2.75, 3.05) is 19.8 Å². The summed E-state index contributed by atoms with van der Waals surface area (Å²) in [5.74, 6) is -1.70. The fourth-order valence-electron chi connectivity index (χ4n) is 3.42. The SMILES string of the molecule is O=C(COC(=O)c1ccc2c(c1)C(=O)N(Cc1ccco1)C2=O)NC[C@@H]1CCCO1. The molecule has 1 saturated heterocycles. The highest BCUT2D eigenvalue weighted by atomic mass is 16.5. The first-order chi connectivity index (χ1) is 14.5. The second-order valence-corrected chi connectivity index (χ2v) is 7.05. The van der Waals surface area contributed by atoms with E-state index in [9.17, 15) is 19.2 Å². The molecule has 0 radical (unpaired) electrons. The number of benzene rings is 1. The molecule has 1 atom stereocenters. The number of esters is 1. The molecule has 2 aromatic rings. The van der Waals surface area contributed by atoms with Crippen molar-refractivity contribution in [1.29, 1.82) is 0 Å². The average Bonchev–Trinajstić information content (AvgIpc) is 3.50. The Morgan fingerprint density at radius 2 is 2.00 bits per heavy atom. The van der Waals surface area contributed by atoms with Crippen molar-refractivity contribution in [2.45, 2.75) is 25.5 Å². The lowest BCUT2D eigenvalue weighted by Gasteiger charge is -2.11. The largest absolute Gasteiger partial charge is 0.467 e. The number of fused-ring (bicyclic) bond motifs is 1. The Kier molecular flexibility index (Phi) is 5.62. The third kappa shape index (κ3) is 4.11. The molecule has 9 nitrogen and oxygen atoms in total. The van der Waals surface area contributed by atoms with Gasteiger partial charge in [0.1, 0.15) is 5.76 Å². The first-order valence-electron chi connectivity index (χ1n) is 9.61. The molecule has 3 heterocycles. The number of carbonyl (C=O) groups excluding carboxylic acids is 4. The normalized spacial score (nSPS) is 17.9. The summed E-state index contributed by atoms with van der Waals surface area (Å²) in [4.78, 5) is 50.3. The first kappa shape index (κ1) is 19.8. The number of hydrogen-bond donors (Lipinski definition) is 1. The molecule has 2 aliphatic heterocycles. The topological polar surface area (TPSA) is 115 Å². The van der Waals surface area contributed by atoms with Crippen LogP contribution in [0.3, 0.4) is 0 Å². The predicted molar refractivity (Wildman–Crippen MR) is 102 cm³/mol. The molecule has 1 aromatic heterocycles. The van der Waals surface area contributed by atoms with Crippen molar-refractivity contribution in [3.63, 3.8) is 0 Å². The van der Waals surface area contributed by atoms with E-state index < -0.39 is 30.3 Å².